The second-order valence-corrected chi connectivity index (χ2v) is 4.31. The Labute approximate surface area is 123 Å². The van der Waals surface area contributed by atoms with Crippen LogP contribution in [0.2, 0.25) is 0 Å². The molecular weight excluding hydrogens is 263 g/mol. The summed E-state index contributed by atoms with van der Waals surface area (Å²) in [5.41, 5.74) is 5.32. The van der Waals surface area contributed by atoms with Gasteiger partial charge in [0.25, 0.3) is 0 Å². The summed E-state index contributed by atoms with van der Waals surface area (Å²) in [7, 11) is 0. The lowest BCUT2D eigenvalue weighted by Crippen LogP contribution is -1.70. The summed E-state index contributed by atoms with van der Waals surface area (Å²) in [5, 5.41) is 0. The summed E-state index contributed by atoms with van der Waals surface area (Å²) < 4.78 is 0. The Bertz CT molecular complexity index is 330. The molecule has 2 aromatic rings. The summed E-state index contributed by atoms with van der Waals surface area (Å²) in [4.78, 5) is 0. The predicted molar refractivity (Wildman–Crippen MR) is 86.3 cm³/mol. The lowest BCUT2D eigenvalue weighted by Gasteiger charge is -1.90. The Kier molecular flexibility index (Phi) is 10.7. The Balaban J connectivity index is 0. The van der Waals surface area contributed by atoms with Crippen molar-refractivity contribution in [3.05, 3.63) is 70.8 Å². The fourth-order valence-corrected chi connectivity index (χ4v) is 1.27. The van der Waals surface area contributed by atoms with E-state index in [0.29, 0.717) is 0 Å². The van der Waals surface area contributed by atoms with Gasteiger partial charge in [-0.3, -0.25) is 0 Å². The molecule has 0 saturated carbocycles. The third kappa shape index (κ3) is 8.16. The first-order valence-electron chi connectivity index (χ1n) is 5.64. The molecule has 0 unspecified atom stereocenters. The standard InChI is InChI=1S/2C8H10.2ClH/c2*1-7-3-5-8(2)6-4-7;;/h2*3-6H,1-2H3;2*1H. The molecular formula is C16H22Cl2. The summed E-state index contributed by atoms with van der Waals surface area (Å²) in [5.74, 6) is 0. The van der Waals surface area contributed by atoms with E-state index in [0.717, 1.165) is 0 Å². The number of hydrogen-bond donors (Lipinski definition) is 0. The maximum Gasteiger partial charge on any atom is -0.0398 e. The highest BCUT2D eigenvalue weighted by Crippen LogP contribution is 2.00. The van der Waals surface area contributed by atoms with Gasteiger partial charge in [-0.25, -0.2) is 0 Å². The topological polar surface area (TPSA) is 0 Å². The zero-order valence-corrected chi connectivity index (χ0v) is 13.1. The predicted octanol–water partition coefficient (Wildman–Crippen LogP) is 5.45. The molecule has 0 spiro atoms. The molecule has 0 aliphatic rings. The van der Waals surface area contributed by atoms with Crippen LogP contribution in [0.25, 0.3) is 0 Å². The van der Waals surface area contributed by atoms with Crippen molar-refractivity contribution in [1.29, 1.82) is 0 Å². The van der Waals surface area contributed by atoms with E-state index < -0.39 is 0 Å². The molecule has 100 valence electrons. The first-order chi connectivity index (χ1) is 7.58. The van der Waals surface area contributed by atoms with Crippen LogP contribution in [0.3, 0.4) is 0 Å². The molecule has 0 aliphatic carbocycles. The number of halogens is 2. The molecule has 0 radical (unpaired) electrons. The maximum atomic E-state index is 2.12. The molecule has 0 saturated heterocycles. The van der Waals surface area contributed by atoms with Gasteiger partial charge >= 0.3 is 0 Å². The number of hydrogen-bond acceptors (Lipinski definition) is 0. The molecule has 2 heteroatoms. The molecule has 18 heavy (non-hydrogen) atoms. The molecule has 0 fully saturated rings. The van der Waals surface area contributed by atoms with Crippen molar-refractivity contribution < 1.29 is 0 Å². The van der Waals surface area contributed by atoms with E-state index in [1.807, 2.05) is 0 Å². The summed E-state index contributed by atoms with van der Waals surface area (Å²) >= 11 is 0. The molecule has 0 N–H and O–H groups in total. The highest BCUT2D eigenvalue weighted by Gasteiger charge is 1.80. The quantitative estimate of drug-likeness (QED) is 0.603. The van der Waals surface area contributed by atoms with E-state index in [4.69, 9.17) is 0 Å². The second kappa shape index (κ2) is 9.99. The van der Waals surface area contributed by atoms with E-state index in [-0.39, 0.29) is 24.8 Å². The monoisotopic (exact) mass is 284 g/mol. The first kappa shape index (κ1) is 19.4. The first-order valence-corrected chi connectivity index (χ1v) is 5.64. The van der Waals surface area contributed by atoms with Crippen LogP contribution in [0.1, 0.15) is 22.3 Å². The van der Waals surface area contributed by atoms with Crippen molar-refractivity contribution in [1.82, 2.24) is 0 Å². The van der Waals surface area contributed by atoms with Gasteiger partial charge in [0.2, 0.25) is 0 Å². The van der Waals surface area contributed by atoms with Crippen LogP contribution in [0.5, 0.6) is 0 Å². The number of benzene rings is 2. The fraction of sp³-hybridized carbons (Fsp3) is 0.250. The van der Waals surface area contributed by atoms with Crippen LogP contribution in [-0.4, -0.2) is 0 Å². The van der Waals surface area contributed by atoms with Crippen molar-refractivity contribution in [3.63, 3.8) is 0 Å². The molecule has 0 aliphatic heterocycles. The minimum absolute atomic E-state index is 0. The van der Waals surface area contributed by atoms with Gasteiger partial charge in [0, 0.05) is 0 Å². The lowest BCUT2D eigenvalue weighted by atomic mass is 10.2. The Morgan fingerprint density at radius 1 is 0.389 bits per heavy atom. The SMILES string of the molecule is Cc1ccc(C)cc1.Cc1ccc(C)cc1.Cl.Cl. The van der Waals surface area contributed by atoms with Crippen LogP contribution >= 0.6 is 24.8 Å². The van der Waals surface area contributed by atoms with Crippen LogP contribution in [0.4, 0.5) is 0 Å². The molecule has 2 rings (SSSR count). The van der Waals surface area contributed by atoms with Crippen molar-refractivity contribution in [3.8, 4) is 0 Å². The Hall–Kier alpha value is -0.980. The van der Waals surface area contributed by atoms with Crippen molar-refractivity contribution in [2.24, 2.45) is 0 Å². The zero-order valence-electron chi connectivity index (χ0n) is 11.4. The normalized spacial score (nSPS) is 8.22. The zero-order chi connectivity index (χ0) is 12.0. The fourth-order valence-electron chi connectivity index (χ4n) is 1.27. The summed E-state index contributed by atoms with van der Waals surface area (Å²) in [6.07, 6.45) is 0. The largest absolute Gasteiger partial charge is 0.147 e. The van der Waals surface area contributed by atoms with Gasteiger partial charge in [0.1, 0.15) is 0 Å². The number of rotatable bonds is 0. The van der Waals surface area contributed by atoms with Gasteiger partial charge in [0.05, 0.1) is 0 Å². The Morgan fingerprint density at radius 3 is 0.611 bits per heavy atom. The van der Waals surface area contributed by atoms with E-state index in [1.165, 1.54) is 22.3 Å². The van der Waals surface area contributed by atoms with Crippen molar-refractivity contribution in [2.45, 2.75) is 27.7 Å². The lowest BCUT2D eigenvalue weighted by molar-refractivity contribution is 1.40. The molecule has 0 atom stereocenters. The molecule has 0 heterocycles. The smallest absolute Gasteiger partial charge is 0.0398 e. The van der Waals surface area contributed by atoms with E-state index in [1.54, 1.807) is 0 Å². The van der Waals surface area contributed by atoms with Crippen LogP contribution < -0.4 is 0 Å². The second-order valence-electron chi connectivity index (χ2n) is 4.31. The van der Waals surface area contributed by atoms with Crippen molar-refractivity contribution in [2.75, 3.05) is 0 Å². The van der Waals surface area contributed by atoms with Crippen LogP contribution in [0, 0.1) is 27.7 Å². The van der Waals surface area contributed by atoms with E-state index in [9.17, 15) is 0 Å². The van der Waals surface area contributed by atoms with Gasteiger partial charge in [0.15, 0.2) is 0 Å². The summed E-state index contributed by atoms with van der Waals surface area (Å²) in [6, 6.07) is 17.0. The van der Waals surface area contributed by atoms with E-state index >= 15 is 0 Å². The van der Waals surface area contributed by atoms with E-state index in [2.05, 4.69) is 76.2 Å². The average molecular weight is 285 g/mol. The van der Waals surface area contributed by atoms with Gasteiger partial charge in [-0.2, -0.15) is 0 Å². The highest BCUT2D eigenvalue weighted by molar-refractivity contribution is 5.85. The molecule has 0 amide bonds. The third-order valence-corrected chi connectivity index (χ3v) is 2.44. The molecule has 2 aromatic carbocycles. The summed E-state index contributed by atoms with van der Waals surface area (Å²) in [6.45, 7) is 8.39. The molecule has 0 nitrogen and oxygen atoms in total. The Morgan fingerprint density at radius 2 is 0.500 bits per heavy atom. The van der Waals surface area contributed by atoms with Gasteiger partial charge < -0.3 is 0 Å². The van der Waals surface area contributed by atoms with Crippen LogP contribution in [-0.2, 0) is 0 Å². The molecule has 0 bridgehead atoms. The molecule has 0 aromatic heterocycles. The average Bonchev–Trinajstić information content (AvgIpc) is 2.28. The minimum Gasteiger partial charge on any atom is -0.147 e. The number of aryl methyl sites for hydroxylation is 4. The maximum absolute atomic E-state index is 2.12. The minimum atomic E-state index is 0. The third-order valence-electron chi connectivity index (χ3n) is 2.44. The van der Waals surface area contributed by atoms with Crippen LogP contribution in [0.15, 0.2) is 48.5 Å². The van der Waals surface area contributed by atoms with Crippen molar-refractivity contribution >= 4 is 24.8 Å². The van der Waals surface area contributed by atoms with Gasteiger partial charge in [-0.15, -0.1) is 24.8 Å². The van der Waals surface area contributed by atoms with Gasteiger partial charge in [-0.05, 0) is 27.7 Å². The van der Waals surface area contributed by atoms with Gasteiger partial charge in [-0.1, -0.05) is 70.8 Å². The highest BCUT2D eigenvalue weighted by atomic mass is 35.5.